The van der Waals surface area contributed by atoms with Gasteiger partial charge in [-0.15, -0.1) is 23.1 Å². The first kappa shape index (κ1) is 19.2. The molecule has 0 unspecified atom stereocenters. The summed E-state index contributed by atoms with van der Waals surface area (Å²) >= 11 is 2.54. The second kappa shape index (κ2) is 7.97. The lowest BCUT2D eigenvalue weighted by molar-refractivity contribution is -0.385. The fraction of sp³-hybridized carbons (Fsp3) is 0.294. The zero-order valence-electron chi connectivity index (χ0n) is 14.6. The van der Waals surface area contributed by atoms with E-state index in [1.165, 1.54) is 22.7 Å². The molecule has 1 aliphatic heterocycles. The van der Waals surface area contributed by atoms with E-state index in [0.29, 0.717) is 27.9 Å². The van der Waals surface area contributed by atoms with Crippen LogP contribution in [0.3, 0.4) is 0 Å². The third-order valence-corrected chi connectivity index (χ3v) is 6.14. The van der Waals surface area contributed by atoms with Crippen LogP contribution in [0.1, 0.15) is 14.5 Å². The van der Waals surface area contributed by atoms with Gasteiger partial charge in [0.1, 0.15) is 11.8 Å². The van der Waals surface area contributed by atoms with Crippen LogP contribution in [0.4, 0.5) is 11.4 Å². The molecule has 10 heteroatoms. The molecule has 0 aliphatic carbocycles. The summed E-state index contributed by atoms with van der Waals surface area (Å²) in [7, 11) is 1.56. The Labute approximate surface area is 163 Å². The zero-order valence-corrected chi connectivity index (χ0v) is 16.3. The maximum absolute atomic E-state index is 12.8. The lowest BCUT2D eigenvalue weighted by Crippen LogP contribution is -2.44. The number of thiophene rings is 1. The molecule has 1 fully saturated rings. The van der Waals surface area contributed by atoms with Gasteiger partial charge in [-0.25, -0.2) is 0 Å². The summed E-state index contributed by atoms with van der Waals surface area (Å²) < 4.78 is 5.08. The molecular formula is C17H17N3O5S2. The third kappa shape index (κ3) is 4.06. The maximum atomic E-state index is 12.8. The number of nitrogens with one attached hydrogen (secondary N) is 1. The predicted molar refractivity (Wildman–Crippen MR) is 105 cm³/mol. The van der Waals surface area contributed by atoms with Crippen LogP contribution in [0.2, 0.25) is 0 Å². The molecule has 0 spiro atoms. The Morgan fingerprint density at radius 3 is 2.63 bits per heavy atom. The van der Waals surface area contributed by atoms with E-state index in [9.17, 15) is 19.7 Å². The van der Waals surface area contributed by atoms with Crippen molar-refractivity contribution in [3.05, 3.63) is 50.2 Å². The van der Waals surface area contributed by atoms with E-state index in [0.717, 1.165) is 11.3 Å². The van der Waals surface area contributed by atoms with Gasteiger partial charge in [-0.2, -0.15) is 0 Å². The van der Waals surface area contributed by atoms with Crippen LogP contribution in [0.25, 0.3) is 0 Å². The zero-order chi connectivity index (χ0) is 19.6. The largest absolute Gasteiger partial charge is 0.497 e. The number of hydrogen-bond donors (Lipinski definition) is 1. The van der Waals surface area contributed by atoms with Gasteiger partial charge in [0.2, 0.25) is 5.91 Å². The number of hydrogen-bond acceptors (Lipinski definition) is 7. The molecule has 2 aromatic rings. The van der Waals surface area contributed by atoms with Crippen molar-refractivity contribution >= 4 is 46.3 Å². The average Bonchev–Trinajstić information content (AvgIpc) is 3.28. The number of ether oxygens (including phenoxy) is 1. The van der Waals surface area contributed by atoms with Gasteiger partial charge in [-0.1, -0.05) is 0 Å². The van der Waals surface area contributed by atoms with Crippen LogP contribution in [-0.4, -0.2) is 46.4 Å². The number of nitrogens with zero attached hydrogens (tertiary/aromatic N) is 2. The molecule has 1 aromatic heterocycles. The van der Waals surface area contributed by atoms with Gasteiger partial charge in [0.25, 0.3) is 11.6 Å². The fourth-order valence-electron chi connectivity index (χ4n) is 2.66. The first-order valence-corrected chi connectivity index (χ1v) is 9.96. The standard InChI is InChI=1S/C17H17N3O5S2/c1-10-13(20(23)24)7-15(27-10)17(22)19-9-26-8-14(19)16(21)18-11-3-5-12(25-2)6-4-11/h3-7,14H,8-9H2,1-2H3,(H,18,21)/t14-/m1/s1. The summed E-state index contributed by atoms with van der Waals surface area (Å²) in [6.45, 7) is 1.60. The summed E-state index contributed by atoms with van der Waals surface area (Å²) in [6, 6.07) is 7.55. The van der Waals surface area contributed by atoms with Gasteiger partial charge in [0.15, 0.2) is 0 Å². The first-order chi connectivity index (χ1) is 12.9. The van der Waals surface area contributed by atoms with Crippen molar-refractivity contribution < 1.29 is 19.2 Å². The third-order valence-electron chi connectivity index (χ3n) is 4.10. The van der Waals surface area contributed by atoms with Crippen molar-refractivity contribution in [2.75, 3.05) is 24.1 Å². The lowest BCUT2D eigenvalue weighted by Gasteiger charge is -2.22. The second-order valence-electron chi connectivity index (χ2n) is 5.82. The van der Waals surface area contributed by atoms with E-state index < -0.39 is 11.0 Å². The van der Waals surface area contributed by atoms with Crippen molar-refractivity contribution in [3.8, 4) is 5.75 Å². The highest BCUT2D eigenvalue weighted by molar-refractivity contribution is 7.99. The Bertz CT molecular complexity index is 881. The molecule has 1 N–H and O–H groups in total. The normalized spacial score (nSPS) is 16.2. The minimum Gasteiger partial charge on any atom is -0.497 e. The summed E-state index contributed by atoms with van der Waals surface area (Å²) in [6.07, 6.45) is 0. The predicted octanol–water partition coefficient (Wildman–Crippen LogP) is 3.13. The second-order valence-corrected chi connectivity index (χ2v) is 8.07. The Morgan fingerprint density at radius 1 is 1.33 bits per heavy atom. The van der Waals surface area contributed by atoms with Crippen LogP contribution in [0.5, 0.6) is 5.75 Å². The Morgan fingerprint density at radius 2 is 2.04 bits per heavy atom. The molecular weight excluding hydrogens is 390 g/mol. The SMILES string of the molecule is COc1ccc(NC(=O)[C@H]2CSCN2C(=O)c2cc([N+](=O)[O-])c(C)s2)cc1. The molecule has 27 heavy (non-hydrogen) atoms. The Kier molecular flexibility index (Phi) is 5.66. The molecule has 1 aromatic carbocycles. The molecule has 0 saturated carbocycles. The first-order valence-electron chi connectivity index (χ1n) is 7.99. The lowest BCUT2D eigenvalue weighted by atomic mass is 10.2. The van der Waals surface area contributed by atoms with Crippen LogP contribution < -0.4 is 10.1 Å². The number of aryl methyl sites for hydroxylation is 1. The van der Waals surface area contributed by atoms with Gasteiger partial charge in [0.05, 0.1) is 27.7 Å². The Hall–Kier alpha value is -2.59. The number of benzene rings is 1. The monoisotopic (exact) mass is 407 g/mol. The van der Waals surface area contributed by atoms with Crippen LogP contribution >= 0.6 is 23.1 Å². The molecule has 0 radical (unpaired) electrons. The number of rotatable bonds is 5. The van der Waals surface area contributed by atoms with Gasteiger partial charge in [-0.05, 0) is 31.2 Å². The number of anilines is 1. The summed E-state index contributed by atoms with van der Waals surface area (Å²) in [5.41, 5.74) is 0.530. The van der Waals surface area contributed by atoms with E-state index >= 15 is 0 Å². The molecule has 8 nitrogen and oxygen atoms in total. The smallest absolute Gasteiger partial charge is 0.283 e. The number of nitro groups is 1. The number of carbonyl (C=O) groups excluding carboxylic acids is 2. The molecule has 2 heterocycles. The van der Waals surface area contributed by atoms with E-state index in [4.69, 9.17) is 4.74 Å². The summed E-state index contributed by atoms with van der Waals surface area (Å²) in [5, 5.41) is 13.8. The molecule has 2 amide bonds. The summed E-state index contributed by atoms with van der Waals surface area (Å²) in [4.78, 5) is 38.1. The Balaban J connectivity index is 1.73. The van der Waals surface area contributed by atoms with E-state index in [-0.39, 0.29) is 22.4 Å². The highest BCUT2D eigenvalue weighted by atomic mass is 32.2. The van der Waals surface area contributed by atoms with Gasteiger partial charge < -0.3 is 15.0 Å². The van der Waals surface area contributed by atoms with E-state index in [2.05, 4.69) is 5.32 Å². The number of methoxy groups -OCH3 is 1. The number of thioether (sulfide) groups is 1. The van der Waals surface area contributed by atoms with Crippen LogP contribution in [-0.2, 0) is 4.79 Å². The van der Waals surface area contributed by atoms with Crippen LogP contribution in [0, 0.1) is 17.0 Å². The van der Waals surface area contributed by atoms with Crippen molar-refractivity contribution in [2.24, 2.45) is 0 Å². The molecule has 0 bridgehead atoms. The fourth-order valence-corrected chi connectivity index (χ4v) is 4.76. The van der Waals surface area contributed by atoms with E-state index in [1.54, 1.807) is 38.3 Å². The average molecular weight is 407 g/mol. The van der Waals surface area contributed by atoms with E-state index in [1.807, 2.05) is 0 Å². The topological polar surface area (TPSA) is 102 Å². The quantitative estimate of drug-likeness (QED) is 0.604. The van der Waals surface area contributed by atoms with Crippen molar-refractivity contribution in [2.45, 2.75) is 13.0 Å². The molecule has 1 aliphatic rings. The van der Waals surface area contributed by atoms with Crippen molar-refractivity contribution in [1.29, 1.82) is 0 Å². The van der Waals surface area contributed by atoms with Crippen molar-refractivity contribution in [1.82, 2.24) is 4.90 Å². The molecule has 1 atom stereocenters. The minimum absolute atomic E-state index is 0.0746. The van der Waals surface area contributed by atoms with Gasteiger partial charge in [0, 0.05) is 17.5 Å². The van der Waals surface area contributed by atoms with Crippen molar-refractivity contribution in [3.63, 3.8) is 0 Å². The minimum atomic E-state index is -0.633. The highest BCUT2D eigenvalue weighted by Gasteiger charge is 2.36. The maximum Gasteiger partial charge on any atom is 0.283 e. The summed E-state index contributed by atoms with van der Waals surface area (Å²) in [5.74, 6) is 0.859. The molecule has 1 saturated heterocycles. The van der Waals surface area contributed by atoms with Gasteiger partial charge >= 0.3 is 0 Å². The molecule has 142 valence electrons. The number of carbonyl (C=O) groups is 2. The number of amides is 2. The van der Waals surface area contributed by atoms with Crippen LogP contribution in [0.15, 0.2) is 30.3 Å². The molecule has 3 rings (SSSR count). The van der Waals surface area contributed by atoms with Gasteiger partial charge in [-0.3, -0.25) is 19.7 Å². The highest BCUT2D eigenvalue weighted by Crippen LogP contribution is 2.32.